The molecule has 0 aromatic carbocycles. The lowest BCUT2D eigenvalue weighted by atomic mass is 9.56. The molecular weight excluding hydrogens is 337 g/mol. The second kappa shape index (κ2) is 6.90. The van der Waals surface area contributed by atoms with Gasteiger partial charge in [0.15, 0.2) is 0 Å². The summed E-state index contributed by atoms with van der Waals surface area (Å²) in [5, 5.41) is 21.5. The molecule has 2 rings (SSSR count). The predicted octanol–water partition coefficient (Wildman–Crippen LogP) is 3.25. The van der Waals surface area contributed by atoms with Crippen molar-refractivity contribution in [2.24, 2.45) is 10.8 Å². The summed E-state index contributed by atoms with van der Waals surface area (Å²) in [5.41, 5.74) is -3.12. The second-order valence-corrected chi connectivity index (χ2v) is 8.43. The van der Waals surface area contributed by atoms with Gasteiger partial charge in [-0.25, -0.2) is 9.18 Å². The fraction of sp³-hybridized carbons (Fsp3) is 0.737. The topological polar surface area (TPSA) is 93.4 Å². The average Bonchev–Trinajstić information content (AvgIpc) is 3.17. The number of amides is 2. The SMILES string of the molecule is C=CC1([C@](NC(=O)O)(C(=O)N2CC(F)CC2C#N)C(C)(C)C)CCCC1. The Morgan fingerprint density at radius 2 is 1.96 bits per heavy atom. The first-order valence-electron chi connectivity index (χ1n) is 9.04. The van der Waals surface area contributed by atoms with Crippen molar-refractivity contribution in [3.05, 3.63) is 12.7 Å². The molecule has 2 amide bonds. The summed E-state index contributed by atoms with van der Waals surface area (Å²) in [7, 11) is 0. The molecule has 144 valence electrons. The summed E-state index contributed by atoms with van der Waals surface area (Å²) in [5.74, 6) is -0.527. The molecule has 0 bridgehead atoms. The van der Waals surface area contributed by atoms with Crippen LogP contribution in [0.15, 0.2) is 12.7 Å². The molecule has 1 saturated carbocycles. The van der Waals surface area contributed by atoms with Crippen molar-refractivity contribution in [1.82, 2.24) is 10.2 Å². The van der Waals surface area contributed by atoms with Crippen molar-refractivity contribution in [2.45, 2.75) is 70.6 Å². The molecule has 1 saturated heterocycles. The van der Waals surface area contributed by atoms with Gasteiger partial charge in [0.2, 0.25) is 0 Å². The maximum absolute atomic E-state index is 14.0. The van der Waals surface area contributed by atoms with E-state index >= 15 is 0 Å². The van der Waals surface area contributed by atoms with Gasteiger partial charge in [-0.1, -0.05) is 39.7 Å². The van der Waals surface area contributed by atoms with Crippen molar-refractivity contribution in [2.75, 3.05) is 6.54 Å². The van der Waals surface area contributed by atoms with Crippen LogP contribution in [-0.4, -0.2) is 46.3 Å². The first-order valence-corrected chi connectivity index (χ1v) is 9.04. The lowest BCUT2D eigenvalue weighted by Crippen LogP contribution is -2.73. The summed E-state index contributed by atoms with van der Waals surface area (Å²) in [6.45, 7) is 9.13. The van der Waals surface area contributed by atoms with E-state index in [-0.39, 0.29) is 13.0 Å². The first kappa shape index (κ1) is 20.2. The number of nitrogens with zero attached hydrogens (tertiary/aromatic N) is 2. The average molecular weight is 365 g/mol. The number of nitrogens with one attached hydrogen (secondary N) is 1. The Labute approximate surface area is 154 Å². The lowest BCUT2D eigenvalue weighted by Gasteiger charge is -2.54. The number of likely N-dealkylation sites (tertiary alicyclic amines) is 1. The van der Waals surface area contributed by atoms with Crippen LogP contribution < -0.4 is 5.32 Å². The highest BCUT2D eigenvalue weighted by Crippen LogP contribution is 2.55. The van der Waals surface area contributed by atoms with E-state index in [0.29, 0.717) is 12.8 Å². The van der Waals surface area contributed by atoms with Gasteiger partial charge >= 0.3 is 6.09 Å². The number of rotatable bonds is 4. The molecule has 6 nitrogen and oxygen atoms in total. The number of carboxylic acid groups (broad SMARTS) is 1. The normalized spacial score (nSPS) is 27.4. The quantitative estimate of drug-likeness (QED) is 0.748. The van der Waals surface area contributed by atoms with Gasteiger partial charge < -0.3 is 15.3 Å². The Kier molecular flexibility index (Phi) is 5.36. The van der Waals surface area contributed by atoms with E-state index in [1.54, 1.807) is 26.8 Å². The molecule has 0 spiro atoms. The zero-order valence-corrected chi connectivity index (χ0v) is 15.7. The lowest BCUT2D eigenvalue weighted by molar-refractivity contribution is -0.150. The van der Waals surface area contributed by atoms with Crippen LogP contribution in [0.1, 0.15) is 52.9 Å². The van der Waals surface area contributed by atoms with Crippen molar-refractivity contribution >= 4 is 12.0 Å². The van der Waals surface area contributed by atoms with Gasteiger partial charge in [0, 0.05) is 11.8 Å². The minimum Gasteiger partial charge on any atom is -0.465 e. The standard InChI is InChI=1S/C19H28FN3O3/c1-5-18(8-6-7-9-18)19(17(2,3)4,22-16(25)26)15(24)23-12-13(20)10-14(23)11-21/h5,13-14,22H,1,6-10,12H2,2-4H3,(H,25,26)/t13?,14?,19-/m0/s1. The molecule has 2 fully saturated rings. The Morgan fingerprint density at radius 3 is 2.38 bits per heavy atom. The number of hydrogen-bond acceptors (Lipinski definition) is 3. The van der Waals surface area contributed by atoms with E-state index in [1.165, 1.54) is 4.90 Å². The Balaban J connectivity index is 2.66. The molecule has 2 unspecified atom stereocenters. The van der Waals surface area contributed by atoms with Gasteiger partial charge in [0.1, 0.15) is 17.8 Å². The highest BCUT2D eigenvalue weighted by atomic mass is 19.1. The number of halogens is 1. The molecule has 0 radical (unpaired) electrons. The second-order valence-electron chi connectivity index (χ2n) is 8.43. The van der Waals surface area contributed by atoms with Gasteiger partial charge in [0.05, 0.1) is 12.6 Å². The number of hydrogen-bond donors (Lipinski definition) is 2. The zero-order chi connectivity index (χ0) is 19.8. The number of nitriles is 1. The van der Waals surface area contributed by atoms with E-state index in [1.807, 2.05) is 6.07 Å². The zero-order valence-electron chi connectivity index (χ0n) is 15.7. The number of alkyl halides is 1. The molecule has 0 aromatic heterocycles. The third-order valence-electron chi connectivity index (χ3n) is 6.03. The van der Waals surface area contributed by atoms with Crippen LogP contribution in [-0.2, 0) is 4.79 Å². The fourth-order valence-corrected chi connectivity index (χ4v) is 4.89. The molecule has 2 N–H and O–H groups in total. The molecular formula is C19H28FN3O3. The van der Waals surface area contributed by atoms with Crippen LogP contribution in [0.5, 0.6) is 0 Å². The van der Waals surface area contributed by atoms with Crippen LogP contribution in [0.2, 0.25) is 0 Å². The van der Waals surface area contributed by atoms with Gasteiger partial charge in [0.25, 0.3) is 5.91 Å². The Morgan fingerprint density at radius 1 is 1.38 bits per heavy atom. The van der Waals surface area contributed by atoms with Crippen molar-refractivity contribution in [3.8, 4) is 6.07 Å². The molecule has 3 atom stereocenters. The van der Waals surface area contributed by atoms with Crippen LogP contribution in [0.3, 0.4) is 0 Å². The molecule has 1 aliphatic heterocycles. The molecule has 1 heterocycles. The van der Waals surface area contributed by atoms with E-state index in [0.717, 1.165) is 12.8 Å². The summed E-state index contributed by atoms with van der Waals surface area (Å²) in [4.78, 5) is 26.7. The number of carbonyl (C=O) groups is 2. The smallest absolute Gasteiger partial charge is 0.405 e. The van der Waals surface area contributed by atoms with Gasteiger partial charge in [-0.05, 0) is 18.3 Å². The van der Waals surface area contributed by atoms with Crippen molar-refractivity contribution < 1.29 is 19.1 Å². The van der Waals surface area contributed by atoms with Crippen molar-refractivity contribution in [3.63, 3.8) is 0 Å². The predicted molar refractivity (Wildman–Crippen MR) is 95.1 cm³/mol. The van der Waals surface area contributed by atoms with Crippen LogP contribution in [0, 0.1) is 22.2 Å². The van der Waals surface area contributed by atoms with Gasteiger partial charge in [-0.3, -0.25) is 4.79 Å². The van der Waals surface area contributed by atoms with Gasteiger partial charge in [-0.15, -0.1) is 6.58 Å². The number of carbonyl (C=O) groups excluding carboxylic acids is 1. The molecule has 26 heavy (non-hydrogen) atoms. The molecule has 1 aliphatic carbocycles. The Hall–Kier alpha value is -2.10. The van der Waals surface area contributed by atoms with Crippen molar-refractivity contribution in [1.29, 1.82) is 5.26 Å². The summed E-state index contributed by atoms with van der Waals surface area (Å²) < 4.78 is 14.0. The van der Waals surface area contributed by atoms with Gasteiger partial charge in [-0.2, -0.15) is 5.26 Å². The summed E-state index contributed by atoms with van der Waals surface area (Å²) in [6, 6.07) is 1.10. The van der Waals surface area contributed by atoms with E-state index < -0.39 is 40.6 Å². The van der Waals surface area contributed by atoms with E-state index in [4.69, 9.17) is 0 Å². The Bertz CT molecular complexity index is 631. The molecule has 0 aromatic rings. The molecule has 7 heteroatoms. The highest BCUT2D eigenvalue weighted by molar-refractivity contribution is 5.93. The third-order valence-corrected chi connectivity index (χ3v) is 6.03. The van der Waals surface area contributed by atoms with Crippen LogP contribution >= 0.6 is 0 Å². The minimum absolute atomic E-state index is 0.0450. The molecule has 2 aliphatic rings. The monoisotopic (exact) mass is 365 g/mol. The van der Waals surface area contributed by atoms with Crippen LogP contribution in [0.4, 0.5) is 9.18 Å². The maximum atomic E-state index is 14.0. The maximum Gasteiger partial charge on any atom is 0.405 e. The summed E-state index contributed by atoms with van der Waals surface area (Å²) in [6.07, 6.45) is 1.98. The first-order chi connectivity index (χ1) is 12.0. The summed E-state index contributed by atoms with van der Waals surface area (Å²) >= 11 is 0. The minimum atomic E-state index is -1.52. The van der Waals surface area contributed by atoms with E-state index in [9.17, 15) is 24.3 Å². The van der Waals surface area contributed by atoms with Crippen LogP contribution in [0.25, 0.3) is 0 Å². The third kappa shape index (κ3) is 2.95. The highest BCUT2D eigenvalue weighted by Gasteiger charge is 2.64. The fourth-order valence-electron chi connectivity index (χ4n) is 4.89. The van der Waals surface area contributed by atoms with E-state index in [2.05, 4.69) is 11.9 Å². The largest absolute Gasteiger partial charge is 0.465 e.